The van der Waals surface area contributed by atoms with Crippen molar-refractivity contribution in [1.29, 1.82) is 0 Å². The molecule has 3 unspecified atom stereocenters. The summed E-state index contributed by atoms with van der Waals surface area (Å²) < 4.78 is 0. The molecule has 4 heteroatoms. The minimum absolute atomic E-state index is 0.0532. The van der Waals surface area contributed by atoms with Gasteiger partial charge in [-0.1, -0.05) is 26.2 Å². The summed E-state index contributed by atoms with van der Waals surface area (Å²) in [4.78, 5) is 25.8. The number of amides is 1. The van der Waals surface area contributed by atoms with Crippen molar-refractivity contribution in [3.8, 4) is 0 Å². The Morgan fingerprint density at radius 3 is 2.52 bits per heavy atom. The molecule has 2 rings (SSSR count). The third-order valence-corrected chi connectivity index (χ3v) is 5.23. The van der Waals surface area contributed by atoms with Crippen molar-refractivity contribution in [3.63, 3.8) is 0 Å². The van der Waals surface area contributed by atoms with Crippen molar-refractivity contribution in [2.45, 2.75) is 64.7 Å². The molecule has 0 spiro atoms. The Balaban J connectivity index is 1.88. The van der Waals surface area contributed by atoms with E-state index in [-0.39, 0.29) is 17.7 Å². The largest absolute Gasteiger partial charge is 0.481 e. The standard InChI is InChI=1S/C17H29NO3/c1-2-5-13-6-4-10-18(11-9-13)16(19)14-7-3-8-15(12-14)17(20)21/h13-15H,2-12H2,1H3,(H,20,21). The van der Waals surface area contributed by atoms with Crippen LogP contribution in [0.5, 0.6) is 0 Å². The zero-order valence-corrected chi connectivity index (χ0v) is 13.2. The Morgan fingerprint density at radius 2 is 1.81 bits per heavy atom. The molecule has 3 atom stereocenters. The average molecular weight is 295 g/mol. The van der Waals surface area contributed by atoms with Crippen molar-refractivity contribution in [1.82, 2.24) is 4.90 Å². The lowest BCUT2D eigenvalue weighted by atomic mass is 9.80. The number of carbonyl (C=O) groups excluding carboxylic acids is 1. The van der Waals surface area contributed by atoms with Gasteiger partial charge in [-0.05, 0) is 44.4 Å². The Kier molecular flexibility index (Phi) is 6.07. The Bertz CT molecular complexity index is 369. The molecule has 2 aliphatic rings. The zero-order chi connectivity index (χ0) is 15.2. The number of carboxylic acids is 1. The molecule has 1 heterocycles. The minimum atomic E-state index is -0.730. The zero-order valence-electron chi connectivity index (χ0n) is 13.2. The monoisotopic (exact) mass is 295 g/mol. The van der Waals surface area contributed by atoms with Crippen LogP contribution in [0.4, 0.5) is 0 Å². The molecule has 0 aromatic carbocycles. The molecule has 0 aromatic rings. The van der Waals surface area contributed by atoms with Crippen LogP contribution in [0.15, 0.2) is 0 Å². The lowest BCUT2D eigenvalue weighted by molar-refractivity contribution is -0.145. The average Bonchev–Trinajstić information content (AvgIpc) is 2.73. The maximum Gasteiger partial charge on any atom is 0.306 e. The second kappa shape index (κ2) is 7.81. The van der Waals surface area contributed by atoms with Gasteiger partial charge in [-0.15, -0.1) is 0 Å². The van der Waals surface area contributed by atoms with Crippen LogP contribution in [0, 0.1) is 17.8 Å². The summed E-state index contributed by atoms with van der Waals surface area (Å²) in [6.07, 6.45) is 8.98. The Labute approximate surface area is 127 Å². The fraction of sp³-hybridized carbons (Fsp3) is 0.882. The van der Waals surface area contributed by atoms with Gasteiger partial charge in [0.1, 0.15) is 0 Å². The Morgan fingerprint density at radius 1 is 1.05 bits per heavy atom. The second-order valence-electron chi connectivity index (χ2n) is 6.81. The van der Waals surface area contributed by atoms with E-state index >= 15 is 0 Å². The molecule has 120 valence electrons. The molecule has 0 aromatic heterocycles. The van der Waals surface area contributed by atoms with Crippen molar-refractivity contribution in [3.05, 3.63) is 0 Å². The molecule has 1 aliphatic carbocycles. The van der Waals surface area contributed by atoms with Crippen LogP contribution in [0.2, 0.25) is 0 Å². The number of carbonyl (C=O) groups is 2. The summed E-state index contributed by atoms with van der Waals surface area (Å²) in [5.41, 5.74) is 0. The van der Waals surface area contributed by atoms with E-state index in [1.54, 1.807) is 0 Å². The van der Waals surface area contributed by atoms with E-state index < -0.39 is 5.97 Å². The smallest absolute Gasteiger partial charge is 0.306 e. The van der Waals surface area contributed by atoms with Crippen molar-refractivity contribution in [2.75, 3.05) is 13.1 Å². The van der Waals surface area contributed by atoms with Gasteiger partial charge in [0.15, 0.2) is 0 Å². The molecule has 0 radical (unpaired) electrons. The predicted octanol–water partition coefficient (Wildman–Crippen LogP) is 3.31. The molecule has 0 bridgehead atoms. The topological polar surface area (TPSA) is 57.6 Å². The highest BCUT2D eigenvalue weighted by molar-refractivity contribution is 5.80. The number of rotatable bonds is 4. The molecular weight excluding hydrogens is 266 g/mol. The van der Waals surface area contributed by atoms with E-state index in [2.05, 4.69) is 6.92 Å². The molecule has 21 heavy (non-hydrogen) atoms. The van der Waals surface area contributed by atoms with Gasteiger partial charge in [0.25, 0.3) is 0 Å². The molecule has 1 N–H and O–H groups in total. The minimum Gasteiger partial charge on any atom is -0.481 e. The first-order chi connectivity index (χ1) is 10.1. The molecule has 2 fully saturated rings. The van der Waals surface area contributed by atoms with Crippen molar-refractivity contribution >= 4 is 11.9 Å². The van der Waals surface area contributed by atoms with Crippen LogP contribution in [-0.4, -0.2) is 35.0 Å². The highest BCUT2D eigenvalue weighted by atomic mass is 16.4. The SMILES string of the molecule is CCCC1CCCN(C(=O)C2CCCC(C(=O)O)C2)CC1. The van der Waals surface area contributed by atoms with E-state index in [9.17, 15) is 9.59 Å². The third-order valence-electron chi connectivity index (χ3n) is 5.23. The van der Waals surface area contributed by atoms with E-state index in [1.165, 1.54) is 19.3 Å². The normalized spacial score (nSPS) is 30.7. The number of likely N-dealkylation sites (tertiary alicyclic amines) is 1. The van der Waals surface area contributed by atoms with Gasteiger partial charge in [-0.2, -0.15) is 0 Å². The summed E-state index contributed by atoms with van der Waals surface area (Å²) in [7, 11) is 0. The summed E-state index contributed by atoms with van der Waals surface area (Å²) in [6.45, 7) is 3.97. The lowest BCUT2D eigenvalue weighted by Gasteiger charge is -2.30. The highest BCUT2D eigenvalue weighted by Gasteiger charge is 2.33. The van der Waals surface area contributed by atoms with Gasteiger partial charge >= 0.3 is 5.97 Å². The fourth-order valence-electron chi connectivity index (χ4n) is 3.98. The van der Waals surface area contributed by atoms with Crippen molar-refractivity contribution in [2.24, 2.45) is 17.8 Å². The number of carboxylic acid groups (broad SMARTS) is 1. The van der Waals surface area contributed by atoms with E-state index in [0.29, 0.717) is 6.42 Å². The first-order valence-corrected chi connectivity index (χ1v) is 8.63. The fourth-order valence-corrected chi connectivity index (χ4v) is 3.98. The molecule has 1 saturated carbocycles. The first kappa shape index (κ1) is 16.3. The Hall–Kier alpha value is -1.06. The highest BCUT2D eigenvalue weighted by Crippen LogP contribution is 2.31. The van der Waals surface area contributed by atoms with Crippen LogP contribution >= 0.6 is 0 Å². The van der Waals surface area contributed by atoms with Crippen LogP contribution < -0.4 is 0 Å². The maximum atomic E-state index is 12.7. The van der Waals surface area contributed by atoms with Gasteiger partial charge in [0, 0.05) is 19.0 Å². The summed E-state index contributed by atoms with van der Waals surface area (Å²) >= 11 is 0. The summed E-state index contributed by atoms with van der Waals surface area (Å²) in [5, 5.41) is 9.16. The van der Waals surface area contributed by atoms with Crippen LogP contribution in [0.1, 0.15) is 64.7 Å². The number of hydrogen-bond donors (Lipinski definition) is 1. The molecular formula is C17H29NO3. The number of hydrogen-bond acceptors (Lipinski definition) is 2. The first-order valence-electron chi connectivity index (χ1n) is 8.63. The van der Waals surface area contributed by atoms with Crippen molar-refractivity contribution < 1.29 is 14.7 Å². The van der Waals surface area contributed by atoms with Gasteiger partial charge in [-0.25, -0.2) is 0 Å². The lowest BCUT2D eigenvalue weighted by Crippen LogP contribution is -2.39. The summed E-state index contributed by atoms with van der Waals surface area (Å²) in [5.74, 6) is -0.106. The summed E-state index contributed by atoms with van der Waals surface area (Å²) in [6, 6.07) is 0. The van der Waals surface area contributed by atoms with Gasteiger partial charge in [-0.3, -0.25) is 9.59 Å². The molecule has 1 aliphatic heterocycles. The molecule has 4 nitrogen and oxygen atoms in total. The quantitative estimate of drug-likeness (QED) is 0.865. The molecule has 1 amide bonds. The van der Waals surface area contributed by atoms with E-state index in [0.717, 1.165) is 51.1 Å². The van der Waals surface area contributed by atoms with Crippen LogP contribution in [-0.2, 0) is 9.59 Å². The van der Waals surface area contributed by atoms with Crippen LogP contribution in [0.3, 0.4) is 0 Å². The van der Waals surface area contributed by atoms with Crippen LogP contribution in [0.25, 0.3) is 0 Å². The van der Waals surface area contributed by atoms with Gasteiger partial charge in [0.05, 0.1) is 5.92 Å². The predicted molar refractivity (Wildman–Crippen MR) is 81.9 cm³/mol. The third kappa shape index (κ3) is 4.45. The van der Waals surface area contributed by atoms with E-state index in [4.69, 9.17) is 5.11 Å². The number of nitrogens with zero attached hydrogens (tertiary/aromatic N) is 1. The second-order valence-corrected chi connectivity index (χ2v) is 6.81. The van der Waals surface area contributed by atoms with Gasteiger partial charge in [0.2, 0.25) is 5.91 Å². The maximum absolute atomic E-state index is 12.7. The van der Waals surface area contributed by atoms with Gasteiger partial charge < -0.3 is 10.0 Å². The van der Waals surface area contributed by atoms with E-state index in [1.807, 2.05) is 4.90 Å². The number of aliphatic carboxylic acids is 1. The molecule has 1 saturated heterocycles.